The molecule has 0 aliphatic carbocycles. The zero-order chi connectivity index (χ0) is 13.6. The number of hydrogen-bond donors (Lipinski definition) is 3. The Balaban J connectivity index is 2.57. The standard InChI is InChI=1S/C10H14N2O4S2/c1-2-11-18(15,16)12-7-9-4-3-8(17-9)5-6-10(13)14/h3-6,11-12H,2,7H2,1H3,(H,13,14)/b6-5+. The lowest BCUT2D eigenvalue weighted by Crippen LogP contribution is -2.35. The molecule has 1 aromatic rings. The molecule has 0 bridgehead atoms. The van der Waals surface area contributed by atoms with Gasteiger partial charge in [0.1, 0.15) is 0 Å². The van der Waals surface area contributed by atoms with Crippen molar-refractivity contribution in [1.82, 2.24) is 9.44 Å². The number of carbonyl (C=O) groups is 1. The van der Waals surface area contributed by atoms with E-state index >= 15 is 0 Å². The van der Waals surface area contributed by atoms with Gasteiger partial charge < -0.3 is 5.11 Å². The van der Waals surface area contributed by atoms with Crippen molar-refractivity contribution in [3.8, 4) is 0 Å². The highest BCUT2D eigenvalue weighted by molar-refractivity contribution is 7.87. The molecule has 100 valence electrons. The molecule has 1 aromatic heterocycles. The molecule has 0 aliphatic rings. The molecule has 0 saturated heterocycles. The number of carboxylic acid groups (broad SMARTS) is 1. The predicted octanol–water partition coefficient (Wildman–Crippen LogP) is 0.790. The minimum atomic E-state index is -3.45. The first-order valence-electron chi connectivity index (χ1n) is 5.17. The highest BCUT2D eigenvalue weighted by Gasteiger charge is 2.07. The average molecular weight is 290 g/mol. The van der Waals surface area contributed by atoms with Gasteiger partial charge in [-0.1, -0.05) is 6.92 Å². The summed E-state index contributed by atoms with van der Waals surface area (Å²) in [5.41, 5.74) is 0. The summed E-state index contributed by atoms with van der Waals surface area (Å²) < 4.78 is 27.3. The summed E-state index contributed by atoms with van der Waals surface area (Å²) in [5.74, 6) is -1.02. The Morgan fingerprint density at radius 2 is 2.17 bits per heavy atom. The maximum Gasteiger partial charge on any atom is 0.328 e. The van der Waals surface area contributed by atoms with Gasteiger partial charge in [0.25, 0.3) is 10.2 Å². The topological polar surface area (TPSA) is 95.5 Å². The number of rotatable bonds is 7. The van der Waals surface area contributed by atoms with Crippen molar-refractivity contribution in [3.05, 3.63) is 28.0 Å². The third-order valence-corrected chi connectivity index (χ3v) is 4.09. The van der Waals surface area contributed by atoms with Crippen LogP contribution in [0.1, 0.15) is 16.7 Å². The second-order valence-corrected chi connectivity index (χ2v) is 6.08. The van der Waals surface area contributed by atoms with Crippen LogP contribution in [0.5, 0.6) is 0 Å². The molecular weight excluding hydrogens is 276 g/mol. The smallest absolute Gasteiger partial charge is 0.328 e. The summed E-state index contributed by atoms with van der Waals surface area (Å²) in [7, 11) is -3.45. The summed E-state index contributed by atoms with van der Waals surface area (Å²) in [4.78, 5) is 11.9. The maximum atomic E-state index is 11.3. The molecule has 18 heavy (non-hydrogen) atoms. The van der Waals surface area contributed by atoms with Crippen molar-refractivity contribution >= 4 is 33.6 Å². The van der Waals surface area contributed by atoms with Gasteiger partial charge >= 0.3 is 5.97 Å². The third-order valence-electron chi connectivity index (χ3n) is 1.84. The lowest BCUT2D eigenvalue weighted by molar-refractivity contribution is -0.131. The van der Waals surface area contributed by atoms with E-state index in [9.17, 15) is 13.2 Å². The fourth-order valence-electron chi connectivity index (χ4n) is 1.14. The van der Waals surface area contributed by atoms with Crippen LogP contribution in [0.15, 0.2) is 18.2 Å². The van der Waals surface area contributed by atoms with Gasteiger partial charge in [0, 0.05) is 28.9 Å². The Morgan fingerprint density at radius 3 is 2.78 bits per heavy atom. The molecule has 1 rings (SSSR count). The second-order valence-electron chi connectivity index (χ2n) is 3.30. The summed E-state index contributed by atoms with van der Waals surface area (Å²) in [6.07, 6.45) is 2.51. The molecule has 0 amide bonds. The van der Waals surface area contributed by atoms with E-state index in [1.54, 1.807) is 19.1 Å². The van der Waals surface area contributed by atoms with Gasteiger partial charge in [0.05, 0.1) is 0 Å². The van der Waals surface area contributed by atoms with Crippen molar-refractivity contribution in [3.63, 3.8) is 0 Å². The second kappa shape index (κ2) is 6.64. The summed E-state index contributed by atoms with van der Waals surface area (Å²) in [6.45, 7) is 2.20. The number of nitrogens with one attached hydrogen (secondary N) is 2. The molecule has 8 heteroatoms. The predicted molar refractivity (Wildman–Crippen MR) is 70.4 cm³/mol. The van der Waals surface area contributed by atoms with E-state index in [4.69, 9.17) is 5.11 Å². The van der Waals surface area contributed by atoms with Gasteiger partial charge in [-0.05, 0) is 18.2 Å². The number of thiophene rings is 1. The SMILES string of the molecule is CCNS(=O)(=O)NCc1ccc(/C=C/C(=O)O)s1. The molecule has 0 aromatic carbocycles. The normalized spacial score (nSPS) is 12.1. The quantitative estimate of drug-likeness (QED) is 0.647. The lowest BCUT2D eigenvalue weighted by Gasteiger charge is -2.04. The van der Waals surface area contributed by atoms with Gasteiger partial charge in [-0.3, -0.25) is 0 Å². The van der Waals surface area contributed by atoms with Crippen molar-refractivity contribution in [2.45, 2.75) is 13.5 Å². The van der Waals surface area contributed by atoms with Crippen LogP contribution in [0.4, 0.5) is 0 Å². The van der Waals surface area contributed by atoms with Crippen molar-refractivity contribution < 1.29 is 18.3 Å². The Morgan fingerprint density at radius 1 is 1.44 bits per heavy atom. The first-order chi connectivity index (χ1) is 8.43. The molecular formula is C10H14N2O4S2. The van der Waals surface area contributed by atoms with Crippen LogP contribution in [0, 0.1) is 0 Å². The molecule has 0 aliphatic heterocycles. The fourth-order valence-corrected chi connectivity index (χ4v) is 2.91. The van der Waals surface area contributed by atoms with E-state index in [-0.39, 0.29) is 6.54 Å². The fraction of sp³-hybridized carbons (Fsp3) is 0.300. The zero-order valence-electron chi connectivity index (χ0n) is 9.71. The van der Waals surface area contributed by atoms with Crippen molar-refractivity contribution in [2.24, 2.45) is 0 Å². The first-order valence-corrected chi connectivity index (χ1v) is 7.47. The van der Waals surface area contributed by atoms with E-state index in [1.807, 2.05) is 0 Å². The van der Waals surface area contributed by atoms with Gasteiger partial charge in [0.15, 0.2) is 0 Å². The molecule has 0 atom stereocenters. The van der Waals surface area contributed by atoms with Crippen LogP contribution < -0.4 is 9.44 Å². The van der Waals surface area contributed by atoms with E-state index in [1.165, 1.54) is 17.4 Å². The van der Waals surface area contributed by atoms with Gasteiger partial charge in [-0.2, -0.15) is 13.1 Å². The Hall–Kier alpha value is -1.22. The Labute approximate surface area is 110 Å². The van der Waals surface area contributed by atoms with E-state index in [0.717, 1.165) is 15.8 Å². The van der Waals surface area contributed by atoms with Crippen LogP contribution in [0.3, 0.4) is 0 Å². The summed E-state index contributed by atoms with van der Waals surface area (Å²) in [6, 6.07) is 3.49. The molecule has 0 unspecified atom stereocenters. The highest BCUT2D eigenvalue weighted by Crippen LogP contribution is 2.17. The molecule has 0 fully saturated rings. The van der Waals surface area contributed by atoms with Crippen molar-refractivity contribution in [1.29, 1.82) is 0 Å². The lowest BCUT2D eigenvalue weighted by atomic mass is 10.4. The molecule has 1 heterocycles. The summed E-state index contributed by atoms with van der Waals surface area (Å²) in [5, 5.41) is 8.47. The van der Waals surface area contributed by atoms with Crippen LogP contribution >= 0.6 is 11.3 Å². The third kappa shape index (κ3) is 5.41. The molecule has 3 N–H and O–H groups in total. The number of carboxylic acids is 1. The van der Waals surface area contributed by atoms with Crippen LogP contribution in [-0.2, 0) is 21.5 Å². The first kappa shape index (κ1) is 14.8. The molecule has 6 nitrogen and oxygen atoms in total. The minimum absolute atomic E-state index is 0.181. The number of aliphatic carboxylic acids is 1. The van der Waals surface area contributed by atoms with Crippen molar-refractivity contribution in [2.75, 3.05) is 6.54 Å². The van der Waals surface area contributed by atoms with Gasteiger partial charge in [0.2, 0.25) is 0 Å². The maximum absolute atomic E-state index is 11.3. The van der Waals surface area contributed by atoms with E-state index < -0.39 is 16.2 Å². The number of hydrogen-bond acceptors (Lipinski definition) is 4. The highest BCUT2D eigenvalue weighted by atomic mass is 32.2. The monoisotopic (exact) mass is 290 g/mol. The Kier molecular flexibility index (Phi) is 5.48. The largest absolute Gasteiger partial charge is 0.478 e. The average Bonchev–Trinajstić information content (AvgIpc) is 2.72. The van der Waals surface area contributed by atoms with Gasteiger partial charge in [-0.15, -0.1) is 11.3 Å². The molecule has 0 spiro atoms. The van der Waals surface area contributed by atoms with Crippen LogP contribution in [0.2, 0.25) is 0 Å². The van der Waals surface area contributed by atoms with E-state index in [0.29, 0.717) is 6.54 Å². The van der Waals surface area contributed by atoms with Crippen LogP contribution in [0.25, 0.3) is 6.08 Å². The van der Waals surface area contributed by atoms with Crippen LogP contribution in [-0.4, -0.2) is 26.0 Å². The zero-order valence-corrected chi connectivity index (χ0v) is 11.3. The van der Waals surface area contributed by atoms with E-state index in [2.05, 4.69) is 9.44 Å². The van der Waals surface area contributed by atoms with Gasteiger partial charge in [-0.25, -0.2) is 9.52 Å². The minimum Gasteiger partial charge on any atom is -0.478 e. The molecule has 0 radical (unpaired) electrons. The molecule has 0 saturated carbocycles. The summed E-state index contributed by atoms with van der Waals surface area (Å²) >= 11 is 1.33. The Bertz CT molecular complexity index is 534.